The molecule has 4 heteroatoms. The number of carbonyl (C=O) groups is 1. The number of halogens is 1. The third kappa shape index (κ3) is 2.72. The van der Waals surface area contributed by atoms with Gasteiger partial charge in [0.2, 0.25) is 0 Å². The molecule has 3 aromatic carbocycles. The predicted molar refractivity (Wildman–Crippen MR) is 116 cm³/mol. The Hall–Kier alpha value is -2.98. The van der Waals surface area contributed by atoms with Gasteiger partial charge in [-0.05, 0) is 42.0 Å². The third-order valence-electron chi connectivity index (χ3n) is 5.33. The van der Waals surface area contributed by atoms with E-state index in [1.807, 2.05) is 78.9 Å². The Morgan fingerprint density at radius 3 is 2.50 bits per heavy atom. The van der Waals surface area contributed by atoms with E-state index in [0.717, 1.165) is 37.9 Å². The molecule has 5 rings (SSSR count). The van der Waals surface area contributed by atoms with Gasteiger partial charge in [-0.2, -0.15) is 0 Å². The fraction of sp³-hybridized carbons (Fsp3) is 0.0833. The molecule has 1 unspecified atom stereocenters. The highest BCUT2D eigenvalue weighted by Crippen LogP contribution is 2.41. The largest absolute Gasteiger partial charge is 0.368 e. The molecule has 136 valence electrons. The average Bonchev–Trinajstić information content (AvgIpc) is 3.02. The normalized spacial score (nSPS) is 18.1. The lowest BCUT2D eigenvalue weighted by atomic mass is 9.81. The molecule has 2 heterocycles. The zero-order chi connectivity index (χ0) is 19.1. The van der Waals surface area contributed by atoms with Crippen LogP contribution in [0.4, 0.5) is 5.69 Å². The number of carbonyl (C=O) groups excluding carboxylic acids is 1. The Balaban J connectivity index is 1.63. The third-order valence-corrected chi connectivity index (χ3v) is 5.82. The molecule has 28 heavy (non-hydrogen) atoms. The fourth-order valence-electron chi connectivity index (χ4n) is 3.97. The van der Waals surface area contributed by atoms with E-state index in [0.29, 0.717) is 6.42 Å². The standard InChI is InChI=1S/C24H17BrN2O/c25-18-11-13-21-16(14-18)10-12-19(26-21)15-24(17-6-2-1-3-7-17)23(28)20-8-4-5-9-22(20)27-24/h1-14,27H,15H2. The molecule has 1 N–H and O–H groups in total. The monoisotopic (exact) mass is 428 g/mol. The van der Waals surface area contributed by atoms with Crippen LogP contribution in [0.2, 0.25) is 0 Å². The SMILES string of the molecule is O=C1c2ccccc2NC1(Cc1ccc2cc(Br)ccc2n1)c1ccccc1. The molecule has 1 aliphatic rings. The zero-order valence-electron chi connectivity index (χ0n) is 15.0. The molecule has 4 aromatic rings. The van der Waals surface area contributed by atoms with E-state index in [1.54, 1.807) is 0 Å². The van der Waals surface area contributed by atoms with Crippen molar-refractivity contribution >= 4 is 38.3 Å². The lowest BCUT2D eigenvalue weighted by molar-refractivity contribution is 0.0916. The number of para-hydroxylation sites is 1. The summed E-state index contributed by atoms with van der Waals surface area (Å²) in [6, 6.07) is 27.7. The van der Waals surface area contributed by atoms with Crippen molar-refractivity contribution in [3.63, 3.8) is 0 Å². The molecule has 0 aliphatic carbocycles. The Bertz CT molecular complexity index is 1210. The van der Waals surface area contributed by atoms with E-state index in [1.165, 1.54) is 0 Å². The quantitative estimate of drug-likeness (QED) is 0.451. The molecular weight excluding hydrogens is 412 g/mol. The first kappa shape index (κ1) is 17.1. The highest BCUT2D eigenvalue weighted by atomic mass is 79.9. The number of nitrogens with one attached hydrogen (secondary N) is 1. The van der Waals surface area contributed by atoms with Gasteiger partial charge >= 0.3 is 0 Å². The van der Waals surface area contributed by atoms with Gasteiger partial charge in [0, 0.05) is 33.2 Å². The van der Waals surface area contributed by atoms with E-state index in [-0.39, 0.29) is 5.78 Å². The fourth-order valence-corrected chi connectivity index (χ4v) is 4.35. The highest BCUT2D eigenvalue weighted by Gasteiger charge is 2.46. The van der Waals surface area contributed by atoms with Crippen LogP contribution in [-0.4, -0.2) is 10.8 Å². The lowest BCUT2D eigenvalue weighted by Gasteiger charge is -2.29. The maximum absolute atomic E-state index is 13.5. The Morgan fingerprint density at radius 2 is 1.68 bits per heavy atom. The van der Waals surface area contributed by atoms with Gasteiger partial charge in [-0.3, -0.25) is 9.78 Å². The number of aromatic nitrogens is 1. The number of rotatable bonds is 3. The van der Waals surface area contributed by atoms with Crippen molar-refractivity contribution in [3.05, 3.63) is 106 Å². The topological polar surface area (TPSA) is 42.0 Å². The van der Waals surface area contributed by atoms with Crippen LogP contribution in [0.15, 0.2) is 89.4 Å². The van der Waals surface area contributed by atoms with Gasteiger partial charge in [-0.15, -0.1) is 0 Å². The number of ketones is 1. The van der Waals surface area contributed by atoms with Gasteiger partial charge in [0.25, 0.3) is 0 Å². The van der Waals surface area contributed by atoms with Crippen molar-refractivity contribution in [1.82, 2.24) is 4.98 Å². The number of benzene rings is 3. The average molecular weight is 429 g/mol. The summed E-state index contributed by atoms with van der Waals surface area (Å²) in [6.45, 7) is 0. The van der Waals surface area contributed by atoms with Crippen LogP contribution in [-0.2, 0) is 12.0 Å². The lowest BCUT2D eigenvalue weighted by Crippen LogP contribution is -2.41. The van der Waals surface area contributed by atoms with Gasteiger partial charge < -0.3 is 5.32 Å². The van der Waals surface area contributed by atoms with E-state index in [2.05, 4.69) is 27.3 Å². The number of pyridine rings is 1. The number of nitrogens with zero attached hydrogens (tertiary/aromatic N) is 1. The number of anilines is 1. The molecule has 1 atom stereocenters. The number of hydrogen-bond acceptors (Lipinski definition) is 3. The van der Waals surface area contributed by atoms with Crippen LogP contribution >= 0.6 is 15.9 Å². The van der Waals surface area contributed by atoms with Crippen molar-refractivity contribution < 1.29 is 4.79 Å². The van der Waals surface area contributed by atoms with Gasteiger partial charge in [0.1, 0.15) is 5.54 Å². The van der Waals surface area contributed by atoms with Crippen LogP contribution in [0.5, 0.6) is 0 Å². The zero-order valence-corrected chi connectivity index (χ0v) is 16.6. The van der Waals surface area contributed by atoms with Crippen LogP contribution in [0, 0.1) is 0 Å². The first-order valence-electron chi connectivity index (χ1n) is 9.18. The molecule has 0 saturated carbocycles. The molecule has 0 spiro atoms. The number of hydrogen-bond donors (Lipinski definition) is 1. The van der Waals surface area contributed by atoms with Crippen LogP contribution < -0.4 is 5.32 Å². The smallest absolute Gasteiger partial charge is 0.195 e. The van der Waals surface area contributed by atoms with Crippen LogP contribution in [0.1, 0.15) is 21.6 Å². The maximum atomic E-state index is 13.5. The summed E-state index contributed by atoms with van der Waals surface area (Å²) in [6.07, 6.45) is 0.483. The second-order valence-electron chi connectivity index (χ2n) is 7.09. The van der Waals surface area contributed by atoms with E-state index in [9.17, 15) is 4.79 Å². The summed E-state index contributed by atoms with van der Waals surface area (Å²) in [5.74, 6) is 0.0898. The molecule has 0 amide bonds. The summed E-state index contributed by atoms with van der Waals surface area (Å²) in [5.41, 5.74) is 3.52. The van der Waals surface area contributed by atoms with Crippen molar-refractivity contribution in [2.45, 2.75) is 12.0 Å². The minimum Gasteiger partial charge on any atom is -0.368 e. The Labute approximate surface area is 171 Å². The summed E-state index contributed by atoms with van der Waals surface area (Å²) in [5, 5.41) is 4.59. The summed E-state index contributed by atoms with van der Waals surface area (Å²) < 4.78 is 1.03. The summed E-state index contributed by atoms with van der Waals surface area (Å²) >= 11 is 3.50. The van der Waals surface area contributed by atoms with Crippen molar-refractivity contribution in [2.24, 2.45) is 0 Å². The number of fused-ring (bicyclic) bond motifs is 2. The van der Waals surface area contributed by atoms with Crippen molar-refractivity contribution in [1.29, 1.82) is 0 Å². The maximum Gasteiger partial charge on any atom is 0.195 e. The minimum absolute atomic E-state index is 0.0898. The second kappa shape index (κ2) is 6.57. The van der Waals surface area contributed by atoms with Crippen LogP contribution in [0.25, 0.3) is 10.9 Å². The number of Topliss-reactive ketones (excluding diaryl/α,β-unsaturated/α-hetero) is 1. The molecule has 0 bridgehead atoms. The van der Waals surface area contributed by atoms with Crippen molar-refractivity contribution in [3.8, 4) is 0 Å². The molecule has 0 fully saturated rings. The highest BCUT2D eigenvalue weighted by molar-refractivity contribution is 9.10. The summed E-state index contributed by atoms with van der Waals surface area (Å²) in [4.78, 5) is 18.4. The molecule has 3 nitrogen and oxygen atoms in total. The first-order valence-corrected chi connectivity index (χ1v) is 9.98. The van der Waals surface area contributed by atoms with Crippen molar-refractivity contribution in [2.75, 3.05) is 5.32 Å². The second-order valence-corrected chi connectivity index (χ2v) is 8.00. The Morgan fingerprint density at radius 1 is 0.893 bits per heavy atom. The predicted octanol–water partition coefficient (Wildman–Crippen LogP) is 5.74. The summed E-state index contributed by atoms with van der Waals surface area (Å²) in [7, 11) is 0. The molecule has 1 aliphatic heterocycles. The molecule has 1 aromatic heterocycles. The van der Waals surface area contributed by atoms with E-state index >= 15 is 0 Å². The van der Waals surface area contributed by atoms with E-state index < -0.39 is 5.54 Å². The molecule has 0 saturated heterocycles. The first-order chi connectivity index (χ1) is 13.7. The van der Waals surface area contributed by atoms with Gasteiger partial charge in [-0.1, -0.05) is 64.5 Å². The van der Waals surface area contributed by atoms with Gasteiger partial charge in [-0.25, -0.2) is 0 Å². The molecule has 0 radical (unpaired) electrons. The van der Waals surface area contributed by atoms with Gasteiger partial charge in [0.15, 0.2) is 5.78 Å². The molecular formula is C24H17BrN2O. The van der Waals surface area contributed by atoms with E-state index in [4.69, 9.17) is 4.98 Å². The minimum atomic E-state index is -0.846. The van der Waals surface area contributed by atoms with Gasteiger partial charge in [0.05, 0.1) is 5.52 Å². The Kier molecular flexibility index (Phi) is 4.02. The van der Waals surface area contributed by atoms with Crippen LogP contribution in [0.3, 0.4) is 0 Å².